The van der Waals surface area contributed by atoms with Gasteiger partial charge in [-0.25, -0.2) is 0 Å². The van der Waals surface area contributed by atoms with Crippen LogP contribution in [0.3, 0.4) is 0 Å². The zero-order valence-electron chi connectivity index (χ0n) is 8.55. The van der Waals surface area contributed by atoms with Crippen LogP contribution in [0.4, 0.5) is 0 Å². The van der Waals surface area contributed by atoms with Crippen LogP contribution in [0.25, 0.3) is 0 Å². The molecule has 0 unspecified atom stereocenters. The van der Waals surface area contributed by atoms with E-state index in [4.69, 9.17) is 5.26 Å². The Bertz CT molecular complexity index is 190. The topological polar surface area (TPSA) is 27.0 Å². The van der Waals surface area contributed by atoms with E-state index >= 15 is 0 Å². The van der Waals surface area contributed by atoms with Crippen molar-refractivity contribution < 1.29 is 0 Å². The second-order valence-electron chi connectivity index (χ2n) is 4.20. The van der Waals surface area contributed by atoms with Gasteiger partial charge in [-0.15, -0.1) is 0 Å². The molecule has 1 heterocycles. The van der Waals surface area contributed by atoms with Crippen molar-refractivity contribution in [3.63, 3.8) is 0 Å². The van der Waals surface area contributed by atoms with E-state index in [2.05, 4.69) is 11.0 Å². The number of nitrogens with zero attached hydrogens (tertiary/aromatic N) is 2. The molecule has 1 aliphatic heterocycles. The molecule has 0 spiro atoms. The third kappa shape index (κ3) is 4.02. The summed E-state index contributed by atoms with van der Waals surface area (Å²) < 4.78 is 0. The molecular weight excluding hydrogens is 180 g/mol. The molecule has 0 amide bonds. The number of hydrogen-bond donors (Lipinski definition) is 0. The first-order valence-corrected chi connectivity index (χ1v) is 6.01. The molecule has 74 valence electrons. The molecule has 1 rings (SSSR count). The maximum atomic E-state index is 8.85. The average molecular weight is 198 g/mol. The molecule has 0 aliphatic carbocycles. The molecule has 0 saturated carbocycles. The van der Waals surface area contributed by atoms with Gasteiger partial charge in [0.1, 0.15) is 0 Å². The third-order valence-corrected chi connectivity index (χ3v) is 3.40. The summed E-state index contributed by atoms with van der Waals surface area (Å²) >= 11 is 2.03. The van der Waals surface area contributed by atoms with Crippen molar-refractivity contribution in [1.29, 1.82) is 5.26 Å². The minimum Gasteiger partial charge on any atom is -0.302 e. The van der Waals surface area contributed by atoms with Crippen molar-refractivity contribution in [2.75, 3.05) is 31.1 Å². The summed E-state index contributed by atoms with van der Waals surface area (Å²) in [7, 11) is 0. The first-order valence-electron chi connectivity index (χ1n) is 4.85. The Morgan fingerprint density at radius 2 is 2.00 bits per heavy atom. The Morgan fingerprint density at radius 1 is 1.38 bits per heavy atom. The van der Waals surface area contributed by atoms with E-state index in [1.165, 1.54) is 24.6 Å². The number of thioether (sulfide) groups is 1. The smallest absolute Gasteiger partial charge is 0.0684 e. The van der Waals surface area contributed by atoms with Crippen molar-refractivity contribution in [2.45, 2.75) is 20.3 Å². The van der Waals surface area contributed by atoms with Gasteiger partial charge in [0.05, 0.1) is 11.5 Å². The zero-order chi connectivity index (χ0) is 9.73. The summed E-state index contributed by atoms with van der Waals surface area (Å²) in [6.45, 7) is 7.52. The van der Waals surface area contributed by atoms with Crippen LogP contribution in [-0.2, 0) is 0 Å². The third-order valence-electron chi connectivity index (χ3n) is 2.46. The Morgan fingerprint density at radius 3 is 2.54 bits per heavy atom. The molecule has 3 heteroatoms. The van der Waals surface area contributed by atoms with Crippen LogP contribution in [0.15, 0.2) is 0 Å². The van der Waals surface area contributed by atoms with Crippen LogP contribution in [0.1, 0.15) is 20.3 Å². The van der Waals surface area contributed by atoms with Crippen molar-refractivity contribution in [2.24, 2.45) is 5.41 Å². The van der Waals surface area contributed by atoms with Gasteiger partial charge in [-0.1, -0.05) is 0 Å². The first-order chi connectivity index (χ1) is 6.14. The fourth-order valence-corrected chi connectivity index (χ4v) is 2.30. The van der Waals surface area contributed by atoms with Gasteiger partial charge in [0.25, 0.3) is 0 Å². The second kappa shape index (κ2) is 4.88. The maximum absolute atomic E-state index is 8.85. The number of nitriles is 1. The molecule has 0 aromatic carbocycles. The summed E-state index contributed by atoms with van der Waals surface area (Å²) in [5.74, 6) is 2.51. The van der Waals surface area contributed by atoms with Crippen LogP contribution in [0.5, 0.6) is 0 Å². The maximum Gasteiger partial charge on any atom is 0.0684 e. The molecule has 0 bridgehead atoms. The highest BCUT2D eigenvalue weighted by Crippen LogP contribution is 2.20. The molecule has 1 aliphatic rings. The van der Waals surface area contributed by atoms with Crippen molar-refractivity contribution in [3.05, 3.63) is 0 Å². The minimum atomic E-state index is -0.148. The van der Waals surface area contributed by atoms with Crippen LogP contribution < -0.4 is 0 Å². The average Bonchev–Trinajstić information content (AvgIpc) is 2.17. The van der Waals surface area contributed by atoms with Gasteiger partial charge >= 0.3 is 0 Å². The van der Waals surface area contributed by atoms with E-state index in [0.717, 1.165) is 13.0 Å². The van der Waals surface area contributed by atoms with Crippen molar-refractivity contribution in [3.8, 4) is 6.07 Å². The SMILES string of the molecule is CC(C)(C#N)CCN1CCSCC1. The van der Waals surface area contributed by atoms with Crippen LogP contribution in [0.2, 0.25) is 0 Å². The van der Waals surface area contributed by atoms with E-state index in [1.54, 1.807) is 0 Å². The van der Waals surface area contributed by atoms with E-state index < -0.39 is 0 Å². The van der Waals surface area contributed by atoms with Crippen molar-refractivity contribution >= 4 is 11.8 Å². The molecule has 0 atom stereocenters. The summed E-state index contributed by atoms with van der Waals surface area (Å²) in [5, 5.41) is 8.85. The molecule has 0 aromatic heterocycles. The molecular formula is C10H18N2S. The van der Waals surface area contributed by atoms with Gasteiger partial charge in [0.2, 0.25) is 0 Å². The lowest BCUT2D eigenvalue weighted by Crippen LogP contribution is -2.35. The lowest BCUT2D eigenvalue weighted by Gasteiger charge is -2.28. The first kappa shape index (κ1) is 10.9. The van der Waals surface area contributed by atoms with Gasteiger partial charge in [0.15, 0.2) is 0 Å². The predicted octanol–water partition coefficient (Wildman–Crippen LogP) is 1.98. The molecule has 0 radical (unpaired) electrons. The Hall–Kier alpha value is -0.200. The highest BCUT2D eigenvalue weighted by molar-refractivity contribution is 7.99. The van der Waals surface area contributed by atoms with E-state index in [9.17, 15) is 0 Å². The zero-order valence-corrected chi connectivity index (χ0v) is 9.36. The summed E-state index contributed by atoms with van der Waals surface area (Å²) in [6, 6.07) is 2.35. The Labute approximate surface area is 85.3 Å². The summed E-state index contributed by atoms with van der Waals surface area (Å²) in [6.07, 6.45) is 0.994. The Balaban J connectivity index is 2.22. The number of hydrogen-bond acceptors (Lipinski definition) is 3. The highest BCUT2D eigenvalue weighted by Gasteiger charge is 2.19. The standard InChI is InChI=1S/C10H18N2S/c1-10(2,9-11)3-4-12-5-7-13-8-6-12/h3-8H2,1-2H3. The quantitative estimate of drug-likeness (QED) is 0.694. The largest absolute Gasteiger partial charge is 0.302 e. The van der Waals surface area contributed by atoms with Crippen LogP contribution >= 0.6 is 11.8 Å². The molecule has 0 N–H and O–H groups in total. The minimum absolute atomic E-state index is 0.148. The lowest BCUT2D eigenvalue weighted by atomic mass is 9.91. The molecule has 1 fully saturated rings. The van der Waals surface area contributed by atoms with E-state index in [0.29, 0.717) is 0 Å². The van der Waals surface area contributed by atoms with Crippen LogP contribution in [0, 0.1) is 16.7 Å². The van der Waals surface area contributed by atoms with Gasteiger partial charge in [-0.2, -0.15) is 17.0 Å². The predicted molar refractivity (Wildman–Crippen MR) is 57.8 cm³/mol. The van der Waals surface area contributed by atoms with Gasteiger partial charge in [0, 0.05) is 24.6 Å². The van der Waals surface area contributed by atoms with E-state index in [-0.39, 0.29) is 5.41 Å². The molecule has 1 saturated heterocycles. The fourth-order valence-electron chi connectivity index (χ4n) is 1.32. The van der Waals surface area contributed by atoms with E-state index in [1.807, 2.05) is 25.6 Å². The summed E-state index contributed by atoms with van der Waals surface area (Å²) in [5.41, 5.74) is -0.148. The van der Waals surface area contributed by atoms with Gasteiger partial charge in [-0.3, -0.25) is 0 Å². The monoisotopic (exact) mass is 198 g/mol. The molecule has 2 nitrogen and oxygen atoms in total. The number of rotatable bonds is 3. The fraction of sp³-hybridized carbons (Fsp3) is 0.900. The lowest BCUT2D eigenvalue weighted by molar-refractivity contribution is 0.263. The normalized spacial score (nSPS) is 19.8. The van der Waals surface area contributed by atoms with Gasteiger partial charge < -0.3 is 4.90 Å². The second-order valence-corrected chi connectivity index (χ2v) is 5.42. The van der Waals surface area contributed by atoms with Crippen LogP contribution in [-0.4, -0.2) is 36.0 Å². The van der Waals surface area contributed by atoms with Crippen molar-refractivity contribution in [1.82, 2.24) is 4.90 Å². The highest BCUT2D eigenvalue weighted by atomic mass is 32.2. The molecule has 0 aromatic rings. The summed E-state index contributed by atoms with van der Waals surface area (Å²) in [4.78, 5) is 2.47. The molecule has 13 heavy (non-hydrogen) atoms. The Kier molecular flexibility index (Phi) is 4.08. The van der Waals surface area contributed by atoms with Gasteiger partial charge in [-0.05, 0) is 26.8 Å².